The first kappa shape index (κ1) is 17.2. The Morgan fingerprint density at radius 1 is 1.28 bits per heavy atom. The number of hydrogen-bond donors (Lipinski definition) is 1. The molecule has 0 atom stereocenters. The lowest BCUT2D eigenvalue weighted by molar-refractivity contribution is -0.130. The van der Waals surface area contributed by atoms with Gasteiger partial charge in [0.15, 0.2) is 0 Å². The summed E-state index contributed by atoms with van der Waals surface area (Å²) < 4.78 is 4.96. The molecule has 25 heavy (non-hydrogen) atoms. The van der Waals surface area contributed by atoms with Crippen molar-refractivity contribution in [3.05, 3.63) is 58.6 Å². The topological polar surface area (TPSA) is 59.4 Å². The third-order valence-electron chi connectivity index (χ3n) is 3.95. The van der Waals surface area contributed by atoms with Crippen molar-refractivity contribution in [3.8, 4) is 11.3 Å². The Labute approximate surface area is 150 Å². The predicted octanol–water partition coefficient (Wildman–Crippen LogP) is 5.16. The zero-order chi connectivity index (χ0) is 18.0. The molecule has 4 nitrogen and oxygen atoms in total. The average molecular weight is 353 g/mol. The molecule has 1 N–H and O–H groups in total. The summed E-state index contributed by atoms with van der Waals surface area (Å²) in [6, 6.07) is 11.6. The molecule has 3 aromatic rings. The van der Waals surface area contributed by atoms with Gasteiger partial charge in [-0.25, -0.2) is 9.78 Å². The molecule has 5 heteroatoms. The van der Waals surface area contributed by atoms with Crippen LogP contribution in [0.5, 0.6) is 0 Å². The van der Waals surface area contributed by atoms with E-state index in [9.17, 15) is 9.90 Å². The molecule has 0 saturated carbocycles. The minimum Gasteiger partial charge on any atom is -0.503 e. The second kappa shape index (κ2) is 7.07. The molecule has 0 aliphatic rings. The van der Waals surface area contributed by atoms with E-state index in [0.717, 1.165) is 27.0 Å². The molecule has 0 aliphatic carbocycles. The molecule has 1 heterocycles. The fraction of sp³-hybridized carbons (Fsp3) is 0.200. The Kier molecular flexibility index (Phi) is 4.86. The number of benzene rings is 2. The van der Waals surface area contributed by atoms with E-state index in [1.165, 1.54) is 13.4 Å². The summed E-state index contributed by atoms with van der Waals surface area (Å²) >= 11 is 1.64. The van der Waals surface area contributed by atoms with Crippen LogP contribution in [0.25, 0.3) is 27.6 Å². The molecule has 0 radical (unpaired) electrons. The van der Waals surface area contributed by atoms with Crippen molar-refractivity contribution in [2.45, 2.75) is 19.8 Å². The van der Waals surface area contributed by atoms with Gasteiger partial charge in [-0.05, 0) is 22.4 Å². The van der Waals surface area contributed by atoms with Gasteiger partial charge in [0.1, 0.15) is 5.57 Å². The molecule has 2 aromatic carbocycles. The minimum absolute atomic E-state index is 0.131. The van der Waals surface area contributed by atoms with Crippen molar-refractivity contribution in [1.82, 2.24) is 4.98 Å². The van der Waals surface area contributed by atoms with Crippen molar-refractivity contribution in [3.63, 3.8) is 0 Å². The van der Waals surface area contributed by atoms with Crippen LogP contribution >= 0.6 is 11.3 Å². The Morgan fingerprint density at radius 2 is 2.08 bits per heavy atom. The van der Waals surface area contributed by atoms with Crippen LogP contribution in [0, 0.1) is 0 Å². The van der Waals surface area contributed by atoms with Crippen molar-refractivity contribution >= 4 is 33.7 Å². The Hall–Kier alpha value is -2.66. The van der Waals surface area contributed by atoms with Gasteiger partial charge in [-0.1, -0.05) is 44.2 Å². The van der Waals surface area contributed by atoms with Crippen LogP contribution in [-0.2, 0) is 9.53 Å². The first-order chi connectivity index (χ1) is 12.0. The van der Waals surface area contributed by atoms with E-state index in [4.69, 9.17) is 9.72 Å². The molecule has 0 fully saturated rings. The van der Waals surface area contributed by atoms with E-state index >= 15 is 0 Å². The van der Waals surface area contributed by atoms with Crippen LogP contribution < -0.4 is 0 Å². The maximum Gasteiger partial charge on any atom is 0.339 e. The fourth-order valence-corrected chi connectivity index (χ4v) is 3.54. The third kappa shape index (κ3) is 3.42. The number of carboxylic acids is 1. The van der Waals surface area contributed by atoms with Gasteiger partial charge < -0.3 is 9.84 Å². The highest BCUT2D eigenvalue weighted by Crippen LogP contribution is 2.32. The lowest BCUT2D eigenvalue weighted by Gasteiger charge is -2.09. The van der Waals surface area contributed by atoms with Gasteiger partial charge in [0, 0.05) is 16.9 Å². The van der Waals surface area contributed by atoms with Crippen molar-refractivity contribution in [2.24, 2.45) is 0 Å². The van der Waals surface area contributed by atoms with Crippen molar-refractivity contribution < 1.29 is 14.6 Å². The van der Waals surface area contributed by atoms with E-state index in [1.54, 1.807) is 17.4 Å². The number of thiazole rings is 1. The number of fused-ring (bicyclic) bond motifs is 1. The first-order valence-electron chi connectivity index (χ1n) is 7.96. The Morgan fingerprint density at radius 3 is 2.72 bits per heavy atom. The fourth-order valence-electron chi connectivity index (χ4n) is 2.70. The second-order valence-electron chi connectivity index (χ2n) is 6.04. The predicted molar refractivity (Wildman–Crippen MR) is 102 cm³/mol. The normalized spacial score (nSPS) is 11.9. The number of hydrogen-bond acceptors (Lipinski definition) is 4. The molecule has 0 bridgehead atoms. The van der Waals surface area contributed by atoms with Crippen LogP contribution in [0.4, 0.5) is 0 Å². The van der Waals surface area contributed by atoms with E-state index in [0.29, 0.717) is 11.5 Å². The summed E-state index contributed by atoms with van der Waals surface area (Å²) in [6.07, 6.45) is 1.27. The van der Waals surface area contributed by atoms with Gasteiger partial charge >= 0.3 is 5.97 Å². The quantitative estimate of drug-likeness (QED) is 0.508. The van der Waals surface area contributed by atoms with E-state index in [-0.39, 0.29) is 5.57 Å². The highest BCUT2D eigenvalue weighted by atomic mass is 32.1. The summed E-state index contributed by atoms with van der Waals surface area (Å²) in [5, 5.41) is 14.5. The first-order valence-corrected chi connectivity index (χ1v) is 8.84. The van der Waals surface area contributed by atoms with Crippen LogP contribution in [0.15, 0.2) is 48.0 Å². The molecule has 0 aliphatic heterocycles. The number of aliphatic carboxylic acids is 1. The molecule has 3 rings (SSSR count). The second-order valence-corrected chi connectivity index (χ2v) is 6.93. The summed E-state index contributed by atoms with van der Waals surface area (Å²) in [7, 11) is 1.45. The highest BCUT2D eigenvalue weighted by Gasteiger charge is 2.15. The molecular weight excluding hydrogens is 334 g/mol. The monoisotopic (exact) mass is 353 g/mol. The third-order valence-corrected chi connectivity index (χ3v) is 5.10. The van der Waals surface area contributed by atoms with Gasteiger partial charge in [0.25, 0.3) is 0 Å². The van der Waals surface area contributed by atoms with E-state index < -0.39 is 5.97 Å². The smallest absolute Gasteiger partial charge is 0.339 e. The molecule has 1 aromatic heterocycles. The standard InChI is InChI=1S/C20H19NO3S/c1-12(2)19-21-18(11-25-19)14-8-7-13-5-4-6-15(16(13)9-14)17(10-24-3)20(22)23/h4-12H,1-3H3,(H,22,23). The summed E-state index contributed by atoms with van der Waals surface area (Å²) in [5.41, 5.74) is 2.66. The number of carboxylic acid groups (broad SMARTS) is 1. The van der Waals surface area contributed by atoms with Crippen LogP contribution in [0.2, 0.25) is 0 Å². The number of nitrogens with zero attached hydrogens (tertiary/aromatic N) is 1. The van der Waals surface area contributed by atoms with Crippen LogP contribution in [0.3, 0.4) is 0 Å². The number of ether oxygens (including phenoxy) is 1. The SMILES string of the molecule is COC=C(C(=O)O)c1cccc2ccc(-c3csc(C(C)C)n3)cc12. The van der Waals surface area contributed by atoms with Gasteiger partial charge in [-0.15, -0.1) is 11.3 Å². The van der Waals surface area contributed by atoms with Gasteiger partial charge in [-0.2, -0.15) is 0 Å². The Balaban J connectivity index is 2.17. The molecule has 0 spiro atoms. The van der Waals surface area contributed by atoms with Gasteiger partial charge in [-0.3, -0.25) is 0 Å². The number of rotatable bonds is 5. The van der Waals surface area contributed by atoms with Gasteiger partial charge in [0.05, 0.1) is 24.1 Å². The maximum atomic E-state index is 11.6. The van der Waals surface area contributed by atoms with E-state index in [2.05, 4.69) is 13.8 Å². The maximum absolute atomic E-state index is 11.6. The minimum atomic E-state index is -1.02. The molecule has 0 amide bonds. The molecule has 0 saturated heterocycles. The lowest BCUT2D eigenvalue weighted by atomic mass is 9.96. The zero-order valence-corrected chi connectivity index (χ0v) is 15.1. The summed E-state index contributed by atoms with van der Waals surface area (Å²) in [5.74, 6) is -0.631. The van der Waals surface area contributed by atoms with Crippen molar-refractivity contribution in [2.75, 3.05) is 7.11 Å². The summed E-state index contributed by atoms with van der Waals surface area (Å²) in [4.78, 5) is 16.3. The molecule has 0 unspecified atom stereocenters. The summed E-state index contributed by atoms with van der Waals surface area (Å²) in [6.45, 7) is 4.24. The van der Waals surface area contributed by atoms with E-state index in [1.807, 2.05) is 35.7 Å². The number of methoxy groups -OCH3 is 1. The van der Waals surface area contributed by atoms with Crippen molar-refractivity contribution in [1.29, 1.82) is 0 Å². The van der Waals surface area contributed by atoms with Gasteiger partial charge in [0.2, 0.25) is 0 Å². The average Bonchev–Trinajstić information content (AvgIpc) is 3.09. The molecule has 128 valence electrons. The zero-order valence-electron chi connectivity index (χ0n) is 14.3. The van der Waals surface area contributed by atoms with Crippen LogP contribution in [-0.4, -0.2) is 23.2 Å². The Bertz CT molecular complexity index is 956. The lowest BCUT2D eigenvalue weighted by Crippen LogP contribution is -2.01. The largest absolute Gasteiger partial charge is 0.503 e. The van der Waals surface area contributed by atoms with Crippen LogP contribution in [0.1, 0.15) is 30.3 Å². The highest BCUT2D eigenvalue weighted by molar-refractivity contribution is 7.10. The number of aromatic nitrogens is 1. The number of carbonyl (C=O) groups is 1. The molecular formula is C20H19NO3S.